The highest BCUT2D eigenvalue weighted by molar-refractivity contribution is 5.88. The largest absolute Gasteiger partial charge is 0.493 e. The Hall–Kier alpha value is -1.79. The second-order valence-corrected chi connectivity index (χ2v) is 3.32. The van der Waals surface area contributed by atoms with Crippen molar-refractivity contribution in [2.75, 3.05) is 20.3 Å². The van der Waals surface area contributed by atoms with Gasteiger partial charge in [-0.1, -0.05) is 0 Å². The molecule has 1 aromatic rings. The van der Waals surface area contributed by atoms with Gasteiger partial charge in [0.1, 0.15) is 12.7 Å². The second kappa shape index (κ2) is 6.07. The molecule has 0 spiro atoms. The molecule has 0 saturated heterocycles. The van der Waals surface area contributed by atoms with Crippen LogP contribution in [-0.2, 0) is 0 Å². The summed E-state index contributed by atoms with van der Waals surface area (Å²) < 4.78 is 10.2. The van der Waals surface area contributed by atoms with Crippen LogP contribution in [0.1, 0.15) is 10.4 Å². The molecule has 0 aliphatic rings. The van der Waals surface area contributed by atoms with Crippen molar-refractivity contribution >= 4 is 5.97 Å². The predicted octanol–water partition coefficient (Wildman–Crippen LogP) is 0.125. The smallest absolute Gasteiger partial charge is 0.335 e. The van der Waals surface area contributed by atoms with Gasteiger partial charge in [0.2, 0.25) is 0 Å². The lowest BCUT2D eigenvalue weighted by Crippen LogP contribution is -2.21. The molecule has 0 heterocycles. The van der Waals surface area contributed by atoms with Gasteiger partial charge in [-0.25, -0.2) is 4.79 Å². The van der Waals surface area contributed by atoms with Gasteiger partial charge in [0, 0.05) is 0 Å². The SMILES string of the molecule is COc1ccc(C(=O)O)cc1OCC(O)CO. The third kappa shape index (κ3) is 3.61. The van der Waals surface area contributed by atoms with Crippen molar-refractivity contribution in [2.45, 2.75) is 6.10 Å². The van der Waals surface area contributed by atoms with Crippen molar-refractivity contribution in [1.82, 2.24) is 0 Å². The fraction of sp³-hybridized carbons (Fsp3) is 0.364. The maximum absolute atomic E-state index is 10.8. The highest BCUT2D eigenvalue weighted by Crippen LogP contribution is 2.28. The number of carbonyl (C=O) groups is 1. The number of hydrogen-bond donors (Lipinski definition) is 3. The first-order valence-corrected chi connectivity index (χ1v) is 4.91. The molecule has 94 valence electrons. The minimum atomic E-state index is -1.08. The summed E-state index contributed by atoms with van der Waals surface area (Å²) in [5, 5.41) is 26.6. The van der Waals surface area contributed by atoms with E-state index in [1.807, 2.05) is 0 Å². The van der Waals surface area contributed by atoms with Crippen molar-refractivity contribution in [2.24, 2.45) is 0 Å². The van der Waals surface area contributed by atoms with Crippen LogP contribution in [0, 0.1) is 0 Å². The standard InChI is InChI=1S/C11H14O6/c1-16-9-3-2-7(11(14)15)4-10(9)17-6-8(13)5-12/h2-4,8,12-13H,5-6H2,1H3,(H,14,15). The van der Waals surface area contributed by atoms with Gasteiger partial charge in [0.05, 0.1) is 19.3 Å². The average Bonchev–Trinajstić information content (AvgIpc) is 2.35. The first kappa shape index (κ1) is 13.3. The first-order valence-electron chi connectivity index (χ1n) is 4.91. The van der Waals surface area contributed by atoms with E-state index in [0.717, 1.165) is 0 Å². The number of methoxy groups -OCH3 is 1. The van der Waals surface area contributed by atoms with E-state index in [2.05, 4.69) is 0 Å². The minimum absolute atomic E-state index is 0.0549. The van der Waals surface area contributed by atoms with Crippen LogP contribution in [0.2, 0.25) is 0 Å². The fourth-order valence-corrected chi connectivity index (χ4v) is 1.16. The zero-order chi connectivity index (χ0) is 12.8. The van der Waals surface area contributed by atoms with Gasteiger partial charge in [-0.2, -0.15) is 0 Å². The molecule has 0 amide bonds. The summed E-state index contributed by atoms with van der Waals surface area (Å²) in [6.45, 7) is -0.573. The number of aliphatic hydroxyl groups is 2. The van der Waals surface area contributed by atoms with E-state index in [9.17, 15) is 4.79 Å². The molecule has 1 unspecified atom stereocenters. The molecule has 0 aromatic heterocycles. The maximum Gasteiger partial charge on any atom is 0.335 e. The van der Waals surface area contributed by atoms with Crippen LogP contribution in [0.5, 0.6) is 11.5 Å². The normalized spacial score (nSPS) is 11.9. The van der Waals surface area contributed by atoms with Crippen LogP contribution in [0.4, 0.5) is 0 Å². The number of carboxylic acids is 1. The monoisotopic (exact) mass is 242 g/mol. The molecule has 0 fully saturated rings. The molecular formula is C11H14O6. The van der Waals surface area contributed by atoms with E-state index in [-0.39, 0.29) is 17.9 Å². The molecule has 6 heteroatoms. The Balaban J connectivity index is 2.86. The molecule has 0 aliphatic heterocycles. The van der Waals surface area contributed by atoms with Gasteiger partial charge in [0.15, 0.2) is 11.5 Å². The van der Waals surface area contributed by atoms with Gasteiger partial charge in [-0.05, 0) is 18.2 Å². The Morgan fingerprint density at radius 1 is 1.41 bits per heavy atom. The van der Waals surface area contributed by atoms with E-state index in [1.54, 1.807) is 0 Å². The lowest BCUT2D eigenvalue weighted by molar-refractivity contribution is 0.0526. The summed E-state index contributed by atoms with van der Waals surface area (Å²) in [7, 11) is 1.42. The third-order valence-corrected chi connectivity index (χ3v) is 2.05. The Morgan fingerprint density at radius 2 is 2.12 bits per heavy atom. The van der Waals surface area contributed by atoms with Crippen LogP contribution in [0.3, 0.4) is 0 Å². The van der Waals surface area contributed by atoms with Crippen LogP contribution in [0.25, 0.3) is 0 Å². The summed E-state index contributed by atoms with van der Waals surface area (Å²) in [5.41, 5.74) is 0.0549. The Morgan fingerprint density at radius 3 is 2.65 bits per heavy atom. The summed E-state index contributed by atoms with van der Waals surface area (Å²) >= 11 is 0. The number of hydrogen-bond acceptors (Lipinski definition) is 5. The van der Waals surface area contributed by atoms with E-state index >= 15 is 0 Å². The maximum atomic E-state index is 10.8. The van der Waals surface area contributed by atoms with Crippen molar-refractivity contribution < 1.29 is 29.6 Å². The first-order chi connectivity index (χ1) is 8.08. The highest BCUT2D eigenvalue weighted by Gasteiger charge is 2.11. The number of ether oxygens (including phenoxy) is 2. The van der Waals surface area contributed by atoms with Crippen molar-refractivity contribution in [1.29, 1.82) is 0 Å². The average molecular weight is 242 g/mol. The Bertz CT molecular complexity index is 390. The van der Waals surface area contributed by atoms with Gasteiger partial charge in [0.25, 0.3) is 0 Å². The predicted molar refractivity (Wildman–Crippen MR) is 58.5 cm³/mol. The van der Waals surface area contributed by atoms with Gasteiger partial charge in [-0.3, -0.25) is 0 Å². The van der Waals surface area contributed by atoms with Crippen LogP contribution in [0.15, 0.2) is 18.2 Å². The molecular weight excluding hydrogens is 228 g/mol. The molecule has 1 rings (SSSR count). The Labute approximate surface area is 98.0 Å². The second-order valence-electron chi connectivity index (χ2n) is 3.32. The van der Waals surface area contributed by atoms with E-state index in [4.69, 9.17) is 24.8 Å². The minimum Gasteiger partial charge on any atom is -0.493 e. The van der Waals surface area contributed by atoms with E-state index in [0.29, 0.717) is 5.75 Å². The zero-order valence-electron chi connectivity index (χ0n) is 9.29. The molecule has 1 atom stereocenters. The topological polar surface area (TPSA) is 96.2 Å². The number of carboxylic acid groups (broad SMARTS) is 1. The van der Waals surface area contributed by atoms with Gasteiger partial charge >= 0.3 is 5.97 Å². The molecule has 0 saturated carbocycles. The number of aromatic carboxylic acids is 1. The number of benzene rings is 1. The van der Waals surface area contributed by atoms with Crippen molar-refractivity contribution in [3.63, 3.8) is 0 Å². The Kier molecular flexibility index (Phi) is 4.74. The summed E-state index contributed by atoms with van der Waals surface area (Å²) in [6, 6.07) is 4.14. The van der Waals surface area contributed by atoms with E-state index in [1.165, 1.54) is 25.3 Å². The fourth-order valence-electron chi connectivity index (χ4n) is 1.16. The molecule has 17 heavy (non-hydrogen) atoms. The lowest BCUT2D eigenvalue weighted by atomic mass is 10.2. The summed E-state index contributed by atoms with van der Waals surface area (Å²) in [6.07, 6.45) is -1.02. The zero-order valence-corrected chi connectivity index (χ0v) is 9.29. The molecule has 0 aliphatic carbocycles. The quantitative estimate of drug-likeness (QED) is 0.656. The molecule has 1 aromatic carbocycles. The summed E-state index contributed by atoms with van der Waals surface area (Å²) in [5.74, 6) is -0.514. The highest BCUT2D eigenvalue weighted by atomic mass is 16.5. The molecule has 0 radical (unpaired) electrons. The molecule has 0 bridgehead atoms. The van der Waals surface area contributed by atoms with Gasteiger partial charge < -0.3 is 24.8 Å². The van der Waals surface area contributed by atoms with Crippen molar-refractivity contribution in [3.05, 3.63) is 23.8 Å². The van der Waals surface area contributed by atoms with Crippen LogP contribution in [-0.4, -0.2) is 47.7 Å². The molecule has 3 N–H and O–H groups in total. The van der Waals surface area contributed by atoms with Crippen LogP contribution < -0.4 is 9.47 Å². The van der Waals surface area contributed by atoms with Gasteiger partial charge in [-0.15, -0.1) is 0 Å². The lowest BCUT2D eigenvalue weighted by Gasteiger charge is -2.13. The van der Waals surface area contributed by atoms with Crippen molar-refractivity contribution in [3.8, 4) is 11.5 Å². The van der Waals surface area contributed by atoms with E-state index < -0.39 is 18.7 Å². The number of aliphatic hydroxyl groups excluding tert-OH is 2. The third-order valence-electron chi connectivity index (χ3n) is 2.05. The molecule has 6 nitrogen and oxygen atoms in total. The number of rotatable bonds is 6. The summed E-state index contributed by atoms with van der Waals surface area (Å²) in [4.78, 5) is 10.8. The van der Waals surface area contributed by atoms with Crippen LogP contribution >= 0.6 is 0 Å².